The van der Waals surface area contributed by atoms with Gasteiger partial charge in [-0.1, -0.05) is 24.3 Å². The van der Waals surface area contributed by atoms with E-state index >= 15 is 0 Å². The van der Waals surface area contributed by atoms with Crippen LogP contribution in [0.25, 0.3) is 11.3 Å². The van der Waals surface area contributed by atoms with E-state index in [9.17, 15) is 4.79 Å². The first kappa shape index (κ1) is 13.5. The predicted molar refractivity (Wildman–Crippen MR) is 80.2 cm³/mol. The summed E-state index contributed by atoms with van der Waals surface area (Å²) in [5.74, 6) is -0.261. The molecule has 1 heterocycles. The van der Waals surface area contributed by atoms with Crippen LogP contribution in [0.4, 0.5) is 5.82 Å². The van der Waals surface area contributed by atoms with Crippen LogP contribution < -0.4 is 5.32 Å². The van der Waals surface area contributed by atoms with Gasteiger partial charge in [0.2, 0.25) is 0 Å². The molecule has 0 saturated heterocycles. The number of aromatic nitrogens is 2. The first-order valence-corrected chi connectivity index (χ1v) is 7.08. The highest BCUT2D eigenvalue weighted by molar-refractivity contribution is 5.78. The van der Waals surface area contributed by atoms with Gasteiger partial charge in [-0.15, -0.1) is 0 Å². The van der Waals surface area contributed by atoms with Crippen LogP contribution in [-0.4, -0.2) is 27.1 Å². The van der Waals surface area contributed by atoms with Crippen molar-refractivity contribution in [3.05, 3.63) is 41.7 Å². The highest BCUT2D eigenvalue weighted by Crippen LogP contribution is 2.33. The van der Waals surface area contributed by atoms with Gasteiger partial charge in [-0.25, -0.2) is 9.97 Å². The maximum atomic E-state index is 11.0. The molecule has 0 saturated carbocycles. The number of hydrogen-bond donors (Lipinski definition) is 2. The lowest BCUT2D eigenvalue weighted by Gasteiger charge is -2.15. The Balaban J connectivity index is 2.07. The molecule has 1 aromatic carbocycles. The van der Waals surface area contributed by atoms with Gasteiger partial charge < -0.3 is 10.4 Å². The minimum absolute atomic E-state index is 0.631. The van der Waals surface area contributed by atoms with Crippen LogP contribution in [0.5, 0.6) is 0 Å². The average molecular weight is 283 g/mol. The summed E-state index contributed by atoms with van der Waals surface area (Å²) in [4.78, 5) is 19.7. The smallest absolute Gasteiger partial charge is 0.325 e. The van der Waals surface area contributed by atoms with E-state index in [1.807, 2.05) is 12.1 Å². The summed E-state index contributed by atoms with van der Waals surface area (Å²) in [5, 5.41) is 12.0. The number of aryl methyl sites for hydroxylation is 1. The van der Waals surface area contributed by atoms with E-state index < -0.39 is 12.0 Å². The molecule has 1 aliphatic carbocycles. The van der Waals surface area contributed by atoms with Crippen molar-refractivity contribution in [2.45, 2.75) is 32.2 Å². The molecule has 1 aliphatic rings. The molecule has 108 valence electrons. The van der Waals surface area contributed by atoms with E-state index in [4.69, 9.17) is 5.11 Å². The molecule has 0 amide bonds. The van der Waals surface area contributed by atoms with Crippen molar-refractivity contribution in [1.29, 1.82) is 0 Å². The fourth-order valence-electron chi connectivity index (χ4n) is 2.70. The van der Waals surface area contributed by atoms with Crippen LogP contribution >= 0.6 is 0 Å². The number of nitrogens with one attached hydrogen (secondary N) is 1. The zero-order valence-corrected chi connectivity index (χ0v) is 11.8. The zero-order chi connectivity index (χ0) is 14.8. The Morgan fingerprint density at radius 3 is 2.90 bits per heavy atom. The van der Waals surface area contributed by atoms with E-state index in [0.717, 1.165) is 36.1 Å². The van der Waals surface area contributed by atoms with Gasteiger partial charge in [0.1, 0.15) is 18.2 Å². The Morgan fingerprint density at radius 2 is 2.10 bits per heavy atom. The second-order valence-corrected chi connectivity index (χ2v) is 5.26. The number of hydrogen-bond acceptors (Lipinski definition) is 4. The van der Waals surface area contributed by atoms with Gasteiger partial charge in [0.15, 0.2) is 0 Å². The van der Waals surface area contributed by atoms with Crippen molar-refractivity contribution >= 4 is 11.8 Å². The number of rotatable bonds is 3. The lowest BCUT2D eigenvalue weighted by atomic mass is 10.0. The summed E-state index contributed by atoms with van der Waals surface area (Å²) in [6.45, 7) is 1.61. The van der Waals surface area contributed by atoms with Gasteiger partial charge in [0, 0.05) is 11.1 Å². The minimum Gasteiger partial charge on any atom is -0.480 e. The van der Waals surface area contributed by atoms with E-state index in [2.05, 4.69) is 27.4 Å². The minimum atomic E-state index is -0.892. The van der Waals surface area contributed by atoms with Gasteiger partial charge in [0.05, 0.1) is 5.69 Å². The van der Waals surface area contributed by atoms with Crippen molar-refractivity contribution in [2.75, 3.05) is 5.32 Å². The molecule has 0 unspecified atom stereocenters. The lowest BCUT2D eigenvalue weighted by molar-refractivity contribution is -0.137. The Labute approximate surface area is 123 Å². The van der Waals surface area contributed by atoms with Crippen molar-refractivity contribution < 1.29 is 9.90 Å². The molecule has 0 fully saturated rings. The van der Waals surface area contributed by atoms with Gasteiger partial charge >= 0.3 is 5.97 Å². The normalized spacial score (nSPS) is 14.5. The summed E-state index contributed by atoms with van der Waals surface area (Å²) in [5.41, 5.74) is 4.33. The molecule has 21 heavy (non-hydrogen) atoms. The Hall–Kier alpha value is -2.43. The van der Waals surface area contributed by atoms with Crippen molar-refractivity contribution in [1.82, 2.24) is 9.97 Å². The summed E-state index contributed by atoms with van der Waals surface area (Å²) < 4.78 is 0. The third kappa shape index (κ3) is 2.59. The standard InChI is InChI=1S/C16H17N3O2/c1-10(16(20)21)19-15-13-8-4-6-11-5-2-3-7-12(11)14(13)17-9-18-15/h2-3,5,7,9-10H,4,6,8H2,1H3,(H,20,21)(H,17,18,19)/t10-/m0/s1. The SMILES string of the molecule is C[C@H](Nc1ncnc2c1CCCc1ccccc1-2)C(=O)O. The fraction of sp³-hybridized carbons (Fsp3) is 0.312. The molecule has 0 aliphatic heterocycles. The van der Waals surface area contributed by atoms with E-state index in [1.54, 1.807) is 6.92 Å². The highest BCUT2D eigenvalue weighted by atomic mass is 16.4. The molecule has 0 spiro atoms. The molecular formula is C16H17N3O2. The number of carbonyl (C=O) groups is 1. The van der Waals surface area contributed by atoms with Gasteiger partial charge in [-0.05, 0) is 31.7 Å². The monoisotopic (exact) mass is 283 g/mol. The topological polar surface area (TPSA) is 75.1 Å². The van der Waals surface area contributed by atoms with Gasteiger partial charge in [-0.2, -0.15) is 0 Å². The lowest BCUT2D eigenvalue weighted by Crippen LogP contribution is -2.26. The number of benzene rings is 1. The van der Waals surface area contributed by atoms with E-state index in [1.165, 1.54) is 11.9 Å². The zero-order valence-electron chi connectivity index (χ0n) is 11.8. The van der Waals surface area contributed by atoms with Gasteiger partial charge in [0.25, 0.3) is 0 Å². The second kappa shape index (κ2) is 5.52. The summed E-state index contributed by atoms with van der Waals surface area (Å²) >= 11 is 0. The molecule has 5 heteroatoms. The van der Waals surface area contributed by atoms with Crippen molar-refractivity contribution in [2.24, 2.45) is 0 Å². The van der Waals surface area contributed by atoms with Crippen LogP contribution in [0.15, 0.2) is 30.6 Å². The van der Waals surface area contributed by atoms with Crippen LogP contribution in [0.1, 0.15) is 24.5 Å². The number of carboxylic acid groups (broad SMARTS) is 1. The maximum absolute atomic E-state index is 11.0. The van der Waals surface area contributed by atoms with Crippen LogP contribution in [0.2, 0.25) is 0 Å². The molecule has 1 aromatic heterocycles. The maximum Gasteiger partial charge on any atom is 0.325 e. The fourth-order valence-corrected chi connectivity index (χ4v) is 2.70. The average Bonchev–Trinajstić information content (AvgIpc) is 2.67. The number of aliphatic carboxylic acids is 1. The Morgan fingerprint density at radius 1 is 1.29 bits per heavy atom. The predicted octanol–water partition coefficient (Wildman–Crippen LogP) is 2.52. The molecule has 0 bridgehead atoms. The van der Waals surface area contributed by atoms with E-state index in [0.29, 0.717) is 5.82 Å². The van der Waals surface area contributed by atoms with Crippen molar-refractivity contribution in [3.8, 4) is 11.3 Å². The number of anilines is 1. The van der Waals surface area contributed by atoms with Gasteiger partial charge in [-0.3, -0.25) is 4.79 Å². The van der Waals surface area contributed by atoms with Crippen LogP contribution in [-0.2, 0) is 17.6 Å². The number of carboxylic acids is 1. The van der Waals surface area contributed by atoms with Crippen molar-refractivity contribution in [3.63, 3.8) is 0 Å². The second-order valence-electron chi connectivity index (χ2n) is 5.26. The highest BCUT2D eigenvalue weighted by Gasteiger charge is 2.20. The molecule has 5 nitrogen and oxygen atoms in total. The summed E-state index contributed by atoms with van der Waals surface area (Å²) in [6.07, 6.45) is 4.35. The van der Waals surface area contributed by atoms with Crippen LogP contribution in [0.3, 0.4) is 0 Å². The summed E-state index contributed by atoms with van der Waals surface area (Å²) in [6, 6.07) is 7.55. The van der Waals surface area contributed by atoms with Crippen LogP contribution in [0, 0.1) is 0 Å². The molecular weight excluding hydrogens is 266 g/mol. The summed E-state index contributed by atoms with van der Waals surface area (Å²) in [7, 11) is 0. The molecule has 2 N–H and O–H groups in total. The number of nitrogens with zero attached hydrogens (tertiary/aromatic N) is 2. The molecule has 1 atom stereocenters. The third-order valence-electron chi connectivity index (χ3n) is 3.81. The first-order chi connectivity index (χ1) is 10.2. The third-order valence-corrected chi connectivity index (χ3v) is 3.81. The Bertz CT molecular complexity index is 685. The first-order valence-electron chi connectivity index (χ1n) is 7.08. The quantitative estimate of drug-likeness (QED) is 0.905. The molecule has 2 aromatic rings. The Kier molecular flexibility index (Phi) is 3.56. The van der Waals surface area contributed by atoms with E-state index in [-0.39, 0.29) is 0 Å². The largest absolute Gasteiger partial charge is 0.480 e. The molecule has 0 radical (unpaired) electrons. The number of fused-ring (bicyclic) bond motifs is 3. The molecule has 3 rings (SSSR count).